The molecule has 0 unspecified atom stereocenters. The summed E-state index contributed by atoms with van der Waals surface area (Å²) in [6.45, 7) is 8.84. The largest absolute Gasteiger partial charge is 0.292 e. The Morgan fingerprint density at radius 3 is 1.42 bits per heavy atom. The quantitative estimate of drug-likeness (QED) is 0.822. The van der Waals surface area contributed by atoms with Crippen molar-refractivity contribution in [3.63, 3.8) is 0 Å². The summed E-state index contributed by atoms with van der Waals surface area (Å²) in [5.74, 6) is 0. The van der Waals surface area contributed by atoms with E-state index in [9.17, 15) is 0 Å². The van der Waals surface area contributed by atoms with Gasteiger partial charge in [0.15, 0.2) is 0 Å². The highest BCUT2D eigenvalue weighted by molar-refractivity contribution is 5.70. The Kier molecular flexibility index (Phi) is 5.36. The molecule has 4 nitrogen and oxygen atoms in total. The van der Waals surface area contributed by atoms with Gasteiger partial charge in [0.05, 0.1) is 13.3 Å². The number of hydrogen-bond donors (Lipinski definition) is 0. The summed E-state index contributed by atoms with van der Waals surface area (Å²) in [4.78, 5) is 9.86. The standard InChI is InChI=1S/C22H30N4/c1-23-11-13-25(17-23)15-19-7-3-5-9-21(19)22-10-6-4-8-20(22)16-26-14-12-24(2)18-26/h3-10H,11-18H2,1-2H3. The number of hydrogen-bond acceptors (Lipinski definition) is 4. The van der Waals surface area contributed by atoms with Crippen LogP contribution in [0.5, 0.6) is 0 Å². The van der Waals surface area contributed by atoms with Crippen molar-refractivity contribution in [1.82, 2.24) is 19.6 Å². The lowest BCUT2D eigenvalue weighted by Crippen LogP contribution is -2.23. The summed E-state index contributed by atoms with van der Waals surface area (Å²) in [6, 6.07) is 17.9. The molecule has 4 rings (SSSR count). The van der Waals surface area contributed by atoms with Gasteiger partial charge < -0.3 is 0 Å². The Morgan fingerprint density at radius 1 is 0.615 bits per heavy atom. The van der Waals surface area contributed by atoms with Gasteiger partial charge in [-0.3, -0.25) is 19.6 Å². The minimum atomic E-state index is 1.03. The summed E-state index contributed by atoms with van der Waals surface area (Å²) < 4.78 is 0. The minimum absolute atomic E-state index is 1.03. The molecule has 0 spiro atoms. The predicted octanol–water partition coefficient (Wildman–Crippen LogP) is 2.76. The molecule has 2 aromatic carbocycles. The lowest BCUT2D eigenvalue weighted by molar-refractivity contribution is 0.267. The van der Waals surface area contributed by atoms with E-state index >= 15 is 0 Å². The van der Waals surface area contributed by atoms with Crippen LogP contribution in [-0.4, -0.2) is 73.2 Å². The van der Waals surface area contributed by atoms with Crippen LogP contribution in [0.4, 0.5) is 0 Å². The van der Waals surface area contributed by atoms with Crippen LogP contribution in [0.3, 0.4) is 0 Å². The molecule has 4 heteroatoms. The van der Waals surface area contributed by atoms with E-state index < -0.39 is 0 Å². The molecule has 26 heavy (non-hydrogen) atoms. The fraction of sp³-hybridized carbons (Fsp3) is 0.455. The normalized spacial score (nSPS) is 20.2. The first-order valence-corrected chi connectivity index (χ1v) is 9.67. The molecular weight excluding hydrogens is 320 g/mol. The van der Waals surface area contributed by atoms with E-state index in [1.165, 1.54) is 35.3 Å². The highest BCUT2D eigenvalue weighted by Crippen LogP contribution is 2.29. The van der Waals surface area contributed by atoms with Crippen LogP contribution in [-0.2, 0) is 13.1 Å². The molecule has 2 heterocycles. The molecular formula is C22H30N4. The van der Waals surface area contributed by atoms with E-state index in [0.29, 0.717) is 0 Å². The number of nitrogens with zero attached hydrogens (tertiary/aromatic N) is 4. The van der Waals surface area contributed by atoms with Gasteiger partial charge in [0.25, 0.3) is 0 Å². The average molecular weight is 351 g/mol. The third kappa shape index (κ3) is 3.99. The van der Waals surface area contributed by atoms with Crippen molar-refractivity contribution < 1.29 is 0 Å². The zero-order valence-corrected chi connectivity index (χ0v) is 16.1. The second kappa shape index (κ2) is 7.89. The summed E-state index contributed by atoms with van der Waals surface area (Å²) in [5, 5.41) is 0. The van der Waals surface area contributed by atoms with Crippen LogP contribution in [0.2, 0.25) is 0 Å². The predicted molar refractivity (Wildman–Crippen MR) is 108 cm³/mol. The van der Waals surface area contributed by atoms with E-state index in [1.54, 1.807) is 0 Å². The molecule has 138 valence electrons. The van der Waals surface area contributed by atoms with Gasteiger partial charge in [0.2, 0.25) is 0 Å². The van der Waals surface area contributed by atoms with Crippen LogP contribution in [0.1, 0.15) is 11.1 Å². The SMILES string of the molecule is CN1CCN(Cc2ccccc2-c2ccccc2CN2CCN(C)C2)C1. The van der Waals surface area contributed by atoms with Crippen LogP contribution in [0.15, 0.2) is 48.5 Å². The fourth-order valence-corrected chi connectivity index (χ4v) is 4.17. The Hall–Kier alpha value is -1.72. The van der Waals surface area contributed by atoms with E-state index in [2.05, 4.69) is 82.2 Å². The van der Waals surface area contributed by atoms with Gasteiger partial charge in [-0.25, -0.2) is 0 Å². The lowest BCUT2D eigenvalue weighted by atomic mass is 9.95. The molecule has 2 aliphatic rings. The van der Waals surface area contributed by atoms with Gasteiger partial charge in [0.1, 0.15) is 0 Å². The third-order valence-corrected chi connectivity index (χ3v) is 5.59. The molecule has 2 aliphatic heterocycles. The first-order chi connectivity index (χ1) is 12.7. The average Bonchev–Trinajstić information content (AvgIpc) is 3.24. The van der Waals surface area contributed by atoms with Crippen molar-refractivity contribution in [1.29, 1.82) is 0 Å². The van der Waals surface area contributed by atoms with Crippen molar-refractivity contribution in [3.05, 3.63) is 59.7 Å². The molecule has 0 N–H and O–H groups in total. The number of rotatable bonds is 5. The molecule has 2 fully saturated rings. The van der Waals surface area contributed by atoms with Gasteiger partial charge in [0, 0.05) is 39.3 Å². The molecule has 0 aliphatic carbocycles. The van der Waals surface area contributed by atoms with Crippen molar-refractivity contribution in [2.45, 2.75) is 13.1 Å². The van der Waals surface area contributed by atoms with Crippen LogP contribution >= 0.6 is 0 Å². The van der Waals surface area contributed by atoms with Crippen molar-refractivity contribution >= 4 is 0 Å². The van der Waals surface area contributed by atoms with Gasteiger partial charge in [-0.1, -0.05) is 48.5 Å². The third-order valence-electron chi connectivity index (χ3n) is 5.59. The van der Waals surface area contributed by atoms with E-state index in [-0.39, 0.29) is 0 Å². The molecule has 2 saturated heterocycles. The maximum Gasteiger partial charge on any atom is 0.0507 e. The molecule has 0 saturated carbocycles. The Balaban J connectivity index is 1.59. The molecule has 0 atom stereocenters. The summed E-state index contributed by atoms with van der Waals surface area (Å²) in [6.07, 6.45) is 0. The Labute approximate surface area is 157 Å². The van der Waals surface area contributed by atoms with Crippen LogP contribution in [0.25, 0.3) is 11.1 Å². The van der Waals surface area contributed by atoms with Gasteiger partial charge >= 0.3 is 0 Å². The van der Waals surface area contributed by atoms with Crippen molar-refractivity contribution in [2.75, 3.05) is 53.6 Å². The van der Waals surface area contributed by atoms with Gasteiger partial charge in [-0.05, 0) is 36.3 Å². The highest BCUT2D eigenvalue weighted by Gasteiger charge is 2.20. The lowest BCUT2D eigenvalue weighted by Gasteiger charge is -2.21. The zero-order valence-electron chi connectivity index (χ0n) is 16.1. The monoisotopic (exact) mass is 350 g/mol. The maximum absolute atomic E-state index is 2.54. The minimum Gasteiger partial charge on any atom is -0.292 e. The van der Waals surface area contributed by atoms with E-state index in [1.807, 2.05) is 0 Å². The molecule has 0 radical (unpaired) electrons. The second-order valence-corrected chi connectivity index (χ2v) is 7.86. The number of likely N-dealkylation sites (N-methyl/N-ethyl adjacent to an activating group) is 2. The second-order valence-electron chi connectivity index (χ2n) is 7.86. The summed E-state index contributed by atoms with van der Waals surface area (Å²) in [5.41, 5.74) is 5.66. The van der Waals surface area contributed by atoms with Gasteiger partial charge in [-0.2, -0.15) is 0 Å². The Bertz CT molecular complexity index is 681. The first kappa shape index (κ1) is 17.7. The molecule has 2 aromatic rings. The van der Waals surface area contributed by atoms with Crippen molar-refractivity contribution in [3.8, 4) is 11.1 Å². The first-order valence-electron chi connectivity index (χ1n) is 9.67. The maximum atomic E-state index is 2.54. The van der Waals surface area contributed by atoms with Crippen molar-refractivity contribution in [2.24, 2.45) is 0 Å². The topological polar surface area (TPSA) is 13.0 Å². The smallest absolute Gasteiger partial charge is 0.0507 e. The van der Waals surface area contributed by atoms with E-state index in [4.69, 9.17) is 0 Å². The molecule has 0 amide bonds. The highest BCUT2D eigenvalue weighted by atomic mass is 15.4. The summed E-state index contributed by atoms with van der Waals surface area (Å²) in [7, 11) is 4.41. The number of benzene rings is 2. The van der Waals surface area contributed by atoms with Crippen LogP contribution < -0.4 is 0 Å². The molecule has 0 aromatic heterocycles. The van der Waals surface area contributed by atoms with Crippen LogP contribution in [0, 0.1) is 0 Å². The fourth-order valence-electron chi connectivity index (χ4n) is 4.17. The molecule has 0 bridgehead atoms. The Morgan fingerprint density at radius 2 is 1.04 bits per heavy atom. The summed E-state index contributed by atoms with van der Waals surface area (Å²) >= 11 is 0. The van der Waals surface area contributed by atoms with Gasteiger partial charge in [-0.15, -0.1) is 0 Å². The van der Waals surface area contributed by atoms with E-state index in [0.717, 1.165) is 39.5 Å². The zero-order chi connectivity index (χ0) is 17.9.